The second-order valence-corrected chi connectivity index (χ2v) is 9.36. The molecule has 0 aliphatic carbocycles. The summed E-state index contributed by atoms with van der Waals surface area (Å²) in [5.74, 6) is -0.685. The van der Waals surface area contributed by atoms with Crippen LogP contribution < -0.4 is 0 Å². The Labute approximate surface area is 174 Å². The number of likely N-dealkylation sites (tertiary alicyclic amines) is 2. The molecule has 0 radical (unpaired) electrons. The minimum atomic E-state index is -1.04. The van der Waals surface area contributed by atoms with Crippen molar-refractivity contribution in [2.24, 2.45) is 0 Å². The zero-order valence-electron chi connectivity index (χ0n) is 16.8. The fourth-order valence-electron chi connectivity index (χ4n) is 4.42. The van der Waals surface area contributed by atoms with Gasteiger partial charge in [-0.05, 0) is 97.5 Å². The lowest BCUT2D eigenvalue weighted by atomic mass is 10.0. The van der Waals surface area contributed by atoms with Crippen molar-refractivity contribution in [1.29, 1.82) is 0 Å². The van der Waals surface area contributed by atoms with E-state index in [-0.39, 0.29) is 17.5 Å². The van der Waals surface area contributed by atoms with E-state index >= 15 is 0 Å². The maximum absolute atomic E-state index is 14.9. The van der Waals surface area contributed by atoms with Gasteiger partial charge in [-0.1, -0.05) is 6.07 Å². The van der Waals surface area contributed by atoms with Gasteiger partial charge < -0.3 is 14.4 Å². The summed E-state index contributed by atoms with van der Waals surface area (Å²) in [5, 5.41) is 0. The summed E-state index contributed by atoms with van der Waals surface area (Å²) in [5.41, 5.74) is 1.70. The lowest BCUT2D eigenvalue weighted by Gasteiger charge is -2.28. The third-order valence-corrected chi connectivity index (χ3v) is 6.96. The second kappa shape index (κ2) is 8.86. The molecule has 154 valence electrons. The summed E-state index contributed by atoms with van der Waals surface area (Å²) >= 11 is -1.04. The number of halogens is 1. The molecule has 6 heteroatoms. The molecule has 0 N–H and O–H groups in total. The average molecular weight is 415 g/mol. The van der Waals surface area contributed by atoms with E-state index in [2.05, 4.69) is 4.90 Å². The predicted octanol–water partition coefficient (Wildman–Crippen LogP) is 3.93. The fourth-order valence-corrected chi connectivity index (χ4v) is 4.94. The minimum Gasteiger partial charge on any atom is -0.612 e. The van der Waals surface area contributed by atoms with Crippen LogP contribution in [0.15, 0.2) is 47.4 Å². The molecule has 2 aliphatic heterocycles. The van der Waals surface area contributed by atoms with Gasteiger partial charge in [-0.2, -0.15) is 0 Å². The SMILES string of the molecule is C[S+]([O-])c1ccc(-c2ccc(C(=O)N3CCC[C@H]3CN3CCCC3)c(F)c2)cc1. The molecular formula is C23H27FN2O2S. The topological polar surface area (TPSA) is 46.6 Å². The van der Waals surface area contributed by atoms with Crippen molar-refractivity contribution in [1.82, 2.24) is 9.80 Å². The first-order valence-corrected chi connectivity index (χ1v) is 11.9. The van der Waals surface area contributed by atoms with Gasteiger partial charge in [-0.3, -0.25) is 4.79 Å². The standard InChI is InChI=1S/C23H27FN2O2S/c1-29(28)20-9-6-17(7-10-20)18-8-11-21(22(24)15-18)23(27)26-14-4-5-19(26)16-25-12-2-3-13-25/h6-11,15,19H,2-5,12-14,16H2,1H3/t19-,29?/m0/s1. The van der Waals surface area contributed by atoms with E-state index in [0.29, 0.717) is 12.1 Å². The highest BCUT2D eigenvalue weighted by Gasteiger charge is 2.32. The van der Waals surface area contributed by atoms with E-state index in [0.717, 1.165) is 42.9 Å². The predicted molar refractivity (Wildman–Crippen MR) is 114 cm³/mol. The van der Waals surface area contributed by atoms with Gasteiger partial charge in [-0.15, -0.1) is 0 Å². The number of hydrogen-bond acceptors (Lipinski definition) is 3. The number of carbonyl (C=O) groups excluding carboxylic acids is 1. The molecule has 1 amide bonds. The van der Waals surface area contributed by atoms with Gasteiger partial charge in [0, 0.05) is 19.1 Å². The van der Waals surface area contributed by atoms with Crippen LogP contribution in [0.1, 0.15) is 36.0 Å². The van der Waals surface area contributed by atoms with Gasteiger partial charge in [0.15, 0.2) is 4.90 Å². The molecule has 2 fully saturated rings. The third kappa shape index (κ3) is 4.49. The first kappa shape index (κ1) is 20.4. The van der Waals surface area contributed by atoms with Crippen molar-refractivity contribution in [3.05, 3.63) is 53.8 Å². The summed E-state index contributed by atoms with van der Waals surface area (Å²) in [6.07, 6.45) is 6.06. The number of carbonyl (C=O) groups is 1. The molecule has 0 saturated carbocycles. The quantitative estimate of drug-likeness (QED) is 0.697. The van der Waals surface area contributed by atoms with Crippen molar-refractivity contribution in [2.45, 2.75) is 36.6 Å². The van der Waals surface area contributed by atoms with Crippen LogP contribution in [-0.2, 0) is 11.2 Å². The van der Waals surface area contributed by atoms with Crippen molar-refractivity contribution in [3.63, 3.8) is 0 Å². The molecule has 1 unspecified atom stereocenters. The van der Waals surface area contributed by atoms with Crippen LogP contribution in [0.4, 0.5) is 4.39 Å². The van der Waals surface area contributed by atoms with Gasteiger partial charge in [0.1, 0.15) is 12.1 Å². The molecular weight excluding hydrogens is 387 g/mol. The highest BCUT2D eigenvalue weighted by atomic mass is 32.2. The van der Waals surface area contributed by atoms with E-state index in [4.69, 9.17) is 0 Å². The first-order valence-electron chi connectivity index (χ1n) is 10.3. The number of benzene rings is 2. The zero-order valence-corrected chi connectivity index (χ0v) is 17.6. The van der Waals surface area contributed by atoms with Crippen LogP contribution in [0.2, 0.25) is 0 Å². The molecule has 0 bridgehead atoms. The van der Waals surface area contributed by atoms with Gasteiger partial charge in [-0.25, -0.2) is 4.39 Å². The van der Waals surface area contributed by atoms with E-state index < -0.39 is 17.0 Å². The van der Waals surface area contributed by atoms with E-state index in [1.54, 1.807) is 30.5 Å². The fraction of sp³-hybridized carbons (Fsp3) is 0.435. The van der Waals surface area contributed by atoms with Crippen LogP contribution >= 0.6 is 0 Å². The summed E-state index contributed by atoms with van der Waals surface area (Å²) in [7, 11) is 0. The highest BCUT2D eigenvalue weighted by Crippen LogP contribution is 2.27. The molecule has 2 heterocycles. The molecule has 2 aromatic rings. The Kier molecular flexibility index (Phi) is 6.23. The molecule has 2 saturated heterocycles. The summed E-state index contributed by atoms with van der Waals surface area (Å²) in [4.78, 5) is 18.1. The Balaban J connectivity index is 1.50. The monoisotopic (exact) mass is 414 g/mol. The largest absolute Gasteiger partial charge is 0.612 e. The maximum Gasteiger partial charge on any atom is 0.257 e. The molecule has 2 aliphatic rings. The smallest absolute Gasteiger partial charge is 0.257 e. The minimum absolute atomic E-state index is 0.147. The van der Waals surface area contributed by atoms with Crippen LogP contribution in [0, 0.1) is 5.82 Å². The molecule has 4 rings (SSSR count). The van der Waals surface area contributed by atoms with E-state index in [1.807, 2.05) is 17.0 Å². The Morgan fingerprint density at radius 3 is 2.41 bits per heavy atom. The zero-order chi connectivity index (χ0) is 20.4. The molecule has 29 heavy (non-hydrogen) atoms. The van der Waals surface area contributed by atoms with Crippen LogP contribution in [0.5, 0.6) is 0 Å². The van der Waals surface area contributed by atoms with Gasteiger partial charge in [0.25, 0.3) is 5.91 Å². The Hall–Kier alpha value is -1.89. The van der Waals surface area contributed by atoms with Crippen molar-refractivity contribution in [2.75, 3.05) is 32.4 Å². The molecule has 0 spiro atoms. The van der Waals surface area contributed by atoms with Gasteiger partial charge in [0.05, 0.1) is 5.56 Å². The Bertz CT molecular complexity index is 866. The average Bonchev–Trinajstić information content (AvgIpc) is 3.40. The van der Waals surface area contributed by atoms with Crippen molar-refractivity contribution >= 4 is 17.1 Å². The molecule has 2 atom stereocenters. The highest BCUT2D eigenvalue weighted by molar-refractivity contribution is 7.90. The van der Waals surface area contributed by atoms with Crippen molar-refractivity contribution in [3.8, 4) is 11.1 Å². The van der Waals surface area contributed by atoms with Gasteiger partial charge in [0.2, 0.25) is 0 Å². The van der Waals surface area contributed by atoms with Crippen LogP contribution in [-0.4, -0.2) is 58.7 Å². The molecule has 4 nitrogen and oxygen atoms in total. The van der Waals surface area contributed by atoms with Crippen LogP contribution in [0.3, 0.4) is 0 Å². The summed E-state index contributed by atoms with van der Waals surface area (Å²) < 4.78 is 26.4. The maximum atomic E-state index is 14.9. The van der Waals surface area contributed by atoms with E-state index in [1.165, 1.54) is 18.9 Å². The Morgan fingerprint density at radius 1 is 1.07 bits per heavy atom. The Morgan fingerprint density at radius 2 is 1.76 bits per heavy atom. The number of hydrogen-bond donors (Lipinski definition) is 0. The summed E-state index contributed by atoms with van der Waals surface area (Å²) in [6, 6.07) is 12.2. The molecule has 2 aromatic carbocycles. The third-order valence-electron chi connectivity index (χ3n) is 6.02. The number of nitrogens with zero attached hydrogens (tertiary/aromatic N) is 2. The second-order valence-electron chi connectivity index (χ2n) is 7.98. The molecule has 0 aromatic heterocycles. The lowest BCUT2D eigenvalue weighted by Crippen LogP contribution is -2.42. The van der Waals surface area contributed by atoms with Crippen LogP contribution in [0.25, 0.3) is 11.1 Å². The number of rotatable bonds is 5. The number of amides is 1. The summed E-state index contributed by atoms with van der Waals surface area (Å²) in [6.45, 7) is 3.81. The lowest BCUT2D eigenvalue weighted by molar-refractivity contribution is 0.0704. The first-order chi connectivity index (χ1) is 14.0. The van der Waals surface area contributed by atoms with E-state index in [9.17, 15) is 13.7 Å². The van der Waals surface area contributed by atoms with Gasteiger partial charge >= 0.3 is 0 Å². The normalized spacial score (nSPS) is 20.9. The van der Waals surface area contributed by atoms with Crippen molar-refractivity contribution < 1.29 is 13.7 Å².